The number of hydrogen-bond acceptors (Lipinski definition) is 5. The molecule has 4 rings (SSSR count). The predicted octanol–water partition coefficient (Wildman–Crippen LogP) is 3.22. The van der Waals surface area contributed by atoms with Gasteiger partial charge in [-0.05, 0) is 49.9 Å². The van der Waals surface area contributed by atoms with Crippen LogP contribution in [0.2, 0.25) is 0 Å². The molecule has 31 heavy (non-hydrogen) atoms. The maximum absolute atomic E-state index is 13.2. The summed E-state index contributed by atoms with van der Waals surface area (Å²) in [6.45, 7) is 11.2. The van der Waals surface area contributed by atoms with Gasteiger partial charge in [0.25, 0.3) is 5.91 Å². The Morgan fingerprint density at radius 2 is 2.03 bits per heavy atom. The van der Waals surface area contributed by atoms with E-state index in [-0.39, 0.29) is 28.7 Å². The van der Waals surface area contributed by atoms with E-state index in [2.05, 4.69) is 35.6 Å². The van der Waals surface area contributed by atoms with E-state index in [0.717, 1.165) is 50.9 Å². The van der Waals surface area contributed by atoms with E-state index >= 15 is 0 Å². The normalized spacial score (nSPS) is 29.2. The van der Waals surface area contributed by atoms with Crippen molar-refractivity contribution in [2.24, 2.45) is 10.8 Å². The lowest BCUT2D eigenvalue weighted by Crippen LogP contribution is -2.42. The van der Waals surface area contributed by atoms with Crippen LogP contribution >= 0.6 is 0 Å². The van der Waals surface area contributed by atoms with Crippen LogP contribution in [0.5, 0.6) is 0 Å². The molecule has 1 aromatic heterocycles. The summed E-state index contributed by atoms with van der Waals surface area (Å²) in [6, 6.07) is 0.325. The molecule has 2 aliphatic heterocycles. The topological polar surface area (TPSA) is 75.6 Å². The summed E-state index contributed by atoms with van der Waals surface area (Å²) in [7, 11) is 0. The van der Waals surface area contributed by atoms with Crippen molar-refractivity contribution in [1.29, 1.82) is 0 Å². The van der Waals surface area contributed by atoms with Crippen LogP contribution in [0.1, 0.15) is 75.5 Å². The Morgan fingerprint density at radius 3 is 2.71 bits per heavy atom. The van der Waals surface area contributed by atoms with Crippen molar-refractivity contribution in [3.63, 3.8) is 0 Å². The first-order valence-corrected chi connectivity index (χ1v) is 11.6. The van der Waals surface area contributed by atoms with E-state index < -0.39 is 0 Å². The van der Waals surface area contributed by atoms with Crippen LogP contribution in [0.4, 0.5) is 0 Å². The number of carbonyl (C=O) groups is 2. The number of carbonyl (C=O) groups excluding carboxylic acids is 2. The van der Waals surface area contributed by atoms with Gasteiger partial charge in [-0.15, -0.1) is 0 Å². The highest BCUT2D eigenvalue weighted by molar-refractivity contribution is 5.92. The molecule has 0 radical (unpaired) electrons. The molecule has 2 amide bonds. The summed E-state index contributed by atoms with van der Waals surface area (Å²) in [6.07, 6.45) is 8.78. The summed E-state index contributed by atoms with van der Waals surface area (Å²) >= 11 is 0. The van der Waals surface area contributed by atoms with Crippen molar-refractivity contribution in [2.75, 3.05) is 26.2 Å². The van der Waals surface area contributed by atoms with E-state index in [4.69, 9.17) is 4.74 Å². The Hall–Kier alpha value is -2.02. The smallest absolute Gasteiger partial charge is 0.274 e. The zero-order valence-electron chi connectivity index (χ0n) is 19.4. The number of aryl methyl sites for hydroxylation is 1. The van der Waals surface area contributed by atoms with Crippen LogP contribution in [-0.4, -0.2) is 70.0 Å². The molecule has 2 bridgehead atoms. The number of ether oxygens (including phenoxy) is 1. The molecule has 1 aromatic rings. The Kier molecular flexibility index (Phi) is 6.08. The number of hydrogen-bond donors (Lipinski definition) is 0. The average molecular weight is 429 g/mol. The number of aromatic nitrogens is 2. The molecule has 3 aliphatic rings. The van der Waals surface area contributed by atoms with Crippen LogP contribution in [0.3, 0.4) is 0 Å². The monoisotopic (exact) mass is 428 g/mol. The summed E-state index contributed by atoms with van der Waals surface area (Å²) in [5.41, 5.74) is 1.59. The molecule has 3 heterocycles. The van der Waals surface area contributed by atoms with Crippen LogP contribution < -0.4 is 0 Å². The first kappa shape index (κ1) is 22.2. The maximum Gasteiger partial charge on any atom is 0.274 e. The Bertz CT molecular complexity index is 819. The standard InChI is InChI=1S/C24H36N4O3/c1-17-12-26-20(13-25-17)22(30)27(14-19-6-5-9-31-19)8-7-21(29)28-16-24(4)11-18(28)10-23(2,3)15-24/h12-13,18-19H,5-11,14-16H2,1-4H3. The molecule has 0 N–H and O–H groups in total. The van der Waals surface area contributed by atoms with Gasteiger partial charge >= 0.3 is 0 Å². The highest BCUT2D eigenvalue weighted by Crippen LogP contribution is 2.52. The molecular formula is C24H36N4O3. The van der Waals surface area contributed by atoms with Gasteiger partial charge in [0.1, 0.15) is 5.69 Å². The summed E-state index contributed by atoms with van der Waals surface area (Å²) in [5.74, 6) is -0.0179. The van der Waals surface area contributed by atoms with Gasteiger partial charge in [-0.2, -0.15) is 0 Å². The minimum Gasteiger partial charge on any atom is -0.376 e. The van der Waals surface area contributed by atoms with Crippen molar-refractivity contribution < 1.29 is 14.3 Å². The summed E-state index contributed by atoms with van der Waals surface area (Å²) in [5, 5.41) is 0. The second kappa shape index (κ2) is 8.49. The third-order valence-electron chi connectivity index (χ3n) is 7.07. The Balaban J connectivity index is 1.42. The zero-order valence-corrected chi connectivity index (χ0v) is 19.4. The average Bonchev–Trinajstić information content (AvgIpc) is 3.29. The minimum atomic E-state index is -0.177. The lowest BCUT2D eigenvalue weighted by Gasteiger charge is -2.39. The number of fused-ring (bicyclic) bond motifs is 2. The van der Waals surface area contributed by atoms with Crippen molar-refractivity contribution in [1.82, 2.24) is 19.8 Å². The van der Waals surface area contributed by atoms with Crippen molar-refractivity contribution >= 4 is 11.8 Å². The molecular weight excluding hydrogens is 392 g/mol. The lowest BCUT2D eigenvalue weighted by molar-refractivity contribution is -0.132. The van der Waals surface area contributed by atoms with Gasteiger partial charge in [-0.3, -0.25) is 14.6 Å². The summed E-state index contributed by atoms with van der Waals surface area (Å²) in [4.78, 5) is 38.7. The molecule has 170 valence electrons. The van der Waals surface area contributed by atoms with Gasteiger partial charge in [-0.25, -0.2) is 4.98 Å². The van der Waals surface area contributed by atoms with Crippen molar-refractivity contribution in [3.8, 4) is 0 Å². The molecule has 0 aromatic carbocycles. The highest BCUT2D eigenvalue weighted by atomic mass is 16.5. The van der Waals surface area contributed by atoms with Crippen LogP contribution in [0.15, 0.2) is 12.4 Å². The first-order valence-electron chi connectivity index (χ1n) is 11.6. The Labute approximate surface area is 185 Å². The molecule has 1 saturated carbocycles. The first-order chi connectivity index (χ1) is 14.6. The second-order valence-electron chi connectivity index (χ2n) is 10.9. The van der Waals surface area contributed by atoms with E-state index in [1.165, 1.54) is 6.20 Å². The van der Waals surface area contributed by atoms with Gasteiger partial charge < -0.3 is 14.5 Å². The number of nitrogens with zero attached hydrogens (tertiary/aromatic N) is 4. The quantitative estimate of drug-likeness (QED) is 0.695. The summed E-state index contributed by atoms with van der Waals surface area (Å²) < 4.78 is 5.76. The second-order valence-corrected chi connectivity index (χ2v) is 10.9. The van der Waals surface area contributed by atoms with E-state index in [9.17, 15) is 9.59 Å². The molecule has 3 unspecified atom stereocenters. The third-order valence-corrected chi connectivity index (χ3v) is 7.07. The maximum atomic E-state index is 13.2. The van der Waals surface area contributed by atoms with Gasteiger partial charge in [-0.1, -0.05) is 20.8 Å². The van der Waals surface area contributed by atoms with Crippen molar-refractivity contribution in [2.45, 2.75) is 78.4 Å². The fraction of sp³-hybridized carbons (Fsp3) is 0.750. The Morgan fingerprint density at radius 1 is 1.23 bits per heavy atom. The van der Waals surface area contributed by atoms with Gasteiger partial charge in [0, 0.05) is 44.9 Å². The number of rotatable bonds is 6. The van der Waals surface area contributed by atoms with E-state index in [0.29, 0.717) is 31.2 Å². The molecule has 0 spiro atoms. The van der Waals surface area contributed by atoms with E-state index in [1.54, 1.807) is 11.1 Å². The predicted molar refractivity (Wildman–Crippen MR) is 118 cm³/mol. The van der Waals surface area contributed by atoms with Gasteiger partial charge in [0.15, 0.2) is 0 Å². The molecule has 7 heteroatoms. The molecule has 1 aliphatic carbocycles. The molecule has 3 atom stereocenters. The number of likely N-dealkylation sites (tertiary alicyclic amines) is 1. The largest absolute Gasteiger partial charge is 0.376 e. The van der Waals surface area contributed by atoms with Crippen molar-refractivity contribution in [3.05, 3.63) is 23.8 Å². The van der Waals surface area contributed by atoms with Crippen LogP contribution in [0.25, 0.3) is 0 Å². The van der Waals surface area contributed by atoms with Crippen LogP contribution in [0, 0.1) is 17.8 Å². The SMILES string of the molecule is Cc1cnc(C(=O)N(CCC(=O)N2CC3(C)CC2CC(C)(C)C3)CC2CCCO2)cn1. The zero-order chi connectivity index (χ0) is 22.2. The lowest BCUT2D eigenvalue weighted by atomic mass is 9.65. The van der Waals surface area contributed by atoms with E-state index in [1.807, 2.05) is 6.92 Å². The number of amides is 2. The minimum absolute atomic E-state index is 0.0307. The van der Waals surface area contributed by atoms with Gasteiger partial charge in [0.2, 0.25) is 5.91 Å². The van der Waals surface area contributed by atoms with Gasteiger partial charge in [0.05, 0.1) is 18.0 Å². The fourth-order valence-corrected chi connectivity index (χ4v) is 6.10. The molecule has 2 saturated heterocycles. The molecule has 3 fully saturated rings. The third kappa shape index (κ3) is 5.08. The highest BCUT2D eigenvalue weighted by Gasteiger charge is 2.50. The molecule has 7 nitrogen and oxygen atoms in total. The fourth-order valence-electron chi connectivity index (χ4n) is 6.10. The van der Waals surface area contributed by atoms with Crippen LogP contribution in [-0.2, 0) is 9.53 Å².